The molecule has 3 amide bonds. The van der Waals surface area contributed by atoms with E-state index < -0.39 is 6.04 Å². The van der Waals surface area contributed by atoms with Crippen LogP contribution in [0.5, 0.6) is 5.75 Å². The van der Waals surface area contributed by atoms with Crippen LogP contribution in [0.15, 0.2) is 35.5 Å². The van der Waals surface area contributed by atoms with Gasteiger partial charge in [-0.1, -0.05) is 31.9 Å². The fourth-order valence-electron chi connectivity index (χ4n) is 3.40. The van der Waals surface area contributed by atoms with E-state index in [2.05, 4.69) is 12.2 Å². The highest BCUT2D eigenvalue weighted by atomic mass is 16.5. The van der Waals surface area contributed by atoms with Crippen LogP contribution in [-0.4, -0.2) is 49.0 Å². The van der Waals surface area contributed by atoms with Crippen molar-refractivity contribution in [2.24, 2.45) is 0 Å². The van der Waals surface area contributed by atoms with E-state index >= 15 is 0 Å². The maximum atomic E-state index is 13.0. The predicted octanol–water partition coefficient (Wildman–Crippen LogP) is 2.68. The van der Waals surface area contributed by atoms with Crippen LogP contribution in [0.4, 0.5) is 4.79 Å². The maximum Gasteiger partial charge on any atom is 0.322 e. The van der Waals surface area contributed by atoms with Crippen LogP contribution in [0.2, 0.25) is 0 Å². The summed E-state index contributed by atoms with van der Waals surface area (Å²) >= 11 is 0. The molecule has 6 nitrogen and oxygen atoms in total. The minimum absolute atomic E-state index is 0.0266. The van der Waals surface area contributed by atoms with E-state index in [0.717, 1.165) is 42.8 Å². The third kappa shape index (κ3) is 3.21. The van der Waals surface area contributed by atoms with Gasteiger partial charge in [-0.15, -0.1) is 0 Å². The van der Waals surface area contributed by atoms with Gasteiger partial charge in [-0.25, -0.2) is 4.79 Å². The Hall–Kier alpha value is -2.50. The molecule has 6 heteroatoms. The molecule has 2 heterocycles. The van der Waals surface area contributed by atoms with E-state index in [1.807, 2.05) is 29.2 Å². The van der Waals surface area contributed by atoms with Crippen LogP contribution in [0, 0.1) is 0 Å². The SMILES string of the molecule is CCCCCN1CC2=C(C1=O)[C@@H](c1ccc(OC)cc1)NC(=O)N2C. The molecular formula is C19H25N3O3. The highest BCUT2D eigenvalue weighted by Gasteiger charge is 2.42. The van der Waals surface area contributed by atoms with Crippen molar-refractivity contribution in [2.75, 3.05) is 27.2 Å². The number of benzene rings is 1. The number of rotatable bonds is 6. The second kappa shape index (κ2) is 7.17. The van der Waals surface area contributed by atoms with Crippen LogP contribution in [0.1, 0.15) is 37.8 Å². The summed E-state index contributed by atoms with van der Waals surface area (Å²) in [6.07, 6.45) is 3.20. The molecule has 3 rings (SSSR count). The lowest BCUT2D eigenvalue weighted by atomic mass is 9.95. The fourth-order valence-corrected chi connectivity index (χ4v) is 3.40. The molecule has 1 aromatic carbocycles. The summed E-state index contributed by atoms with van der Waals surface area (Å²) < 4.78 is 5.19. The zero-order valence-electron chi connectivity index (χ0n) is 15.0. The van der Waals surface area contributed by atoms with E-state index in [4.69, 9.17) is 4.74 Å². The zero-order chi connectivity index (χ0) is 18.0. The number of hydrogen-bond donors (Lipinski definition) is 1. The molecule has 25 heavy (non-hydrogen) atoms. The number of nitrogens with one attached hydrogen (secondary N) is 1. The molecule has 1 aromatic rings. The Labute approximate surface area is 148 Å². The molecule has 0 aromatic heterocycles. The zero-order valence-corrected chi connectivity index (χ0v) is 15.0. The van der Waals surface area contributed by atoms with Crippen molar-refractivity contribution in [3.8, 4) is 5.75 Å². The lowest BCUT2D eigenvalue weighted by molar-refractivity contribution is -0.125. The number of amides is 3. The maximum absolute atomic E-state index is 13.0. The molecule has 0 bridgehead atoms. The van der Waals surface area contributed by atoms with E-state index in [1.54, 1.807) is 19.1 Å². The molecule has 134 valence electrons. The lowest BCUT2D eigenvalue weighted by Gasteiger charge is -2.31. The number of carbonyl (C=O) groups excluding carboxylic acids is 2. The Morgan fingerprint density at radius 1 is 1.20 bits per heavy atom. The molecule has 2 aliphatic heterocycles. The van der Waals surface area contributed by atoms with Crippen molar-refractivity contribution in [2.45, 2.75) is 32.2 Å². The first-order valence-corrected chi connectivity index (χ1v) is 8.77. The Morgan fingerprint density at radius 3 is 2.56 bits per heavy atom. The topological polar surface area (TPSA) is 61.9 Å². The number of nitrogens with zero attached hydrogens (tertiary/aromatic N) is 2. The molecule has 0 unspecified atom stereocenters. The highest BCUT2D eigenvalue weighted by molar-refractivity contribution is 6.01. The smallest absolute Gasteiger partial charge is 0.322 e. The minimum atomic E-state index is -0.409. The third-order valence-electron chi connectivity index (χ3n) is 4.92. The third-order valence-corrected chi connectivity index (χ3v) is 4.92. The van der Waals surface area contributed by atoms with Gasteiger partial charge in [0.05, 0.1) is 31.0 Å². The van der Waals surface area contributed by atoms with Crippen LogP contribution < -0.4 is 10.1 Å². The van der Waals surface area contributed by atoms with Gasteiger partial charge in [-0.3, -0.25) is 9.69 Å². The Kier molecular flexibility index (Phi) is 4.97. The van der Waals surface area contributed by atoms with Crippen molar-refractivity contribution in [3.63, 3.8) is 0 Å². The van der Waals surface area contributed by atoms with Crippen molar-refractivity contribution >= 4 is 11.9 Å². The average molecular weight is 343 g/mol. The summed E-state index contributed by atoms with van der Waals surface area (Å²) in [6.45, 7) is 3.39. The number of hydrogen-bond acceptors (Lipinski definition) is 3. The standard InChI is InChI=1S/C19H25N3O3/c1-4-5-6-11-22-12-15-16(18(22)23)17(20-19(24)21(15)2)13-7-9-14(25-3)10-8-13/h7-10,17H,4-6,11-12H2,1-3H3,(H,20,24)/t17-/m1/s1. The number of urea groups is 1. The molecule has 0 saturated heterocycles. The Balaban J connectivity index is 1.88. The van der Waals surface area contributed by atoms with Crippen molar-refractivity contribution in [1.82, 2.24) is 15.1 Å². The van der Waals surface area contributed by atoms with Gasteiger partial charge in [0.25, 0.3) is 5.91 Å². The summed E-state index contributed by atoms with van der Waals surface area (Å²) in [6, 6.07) is 6.90. The quantitative estimate of drug-likeness (QED) is 0.808. The molecule has 1 N–H and O–H groups in total. The van der Waals surface area contributed by atoms with Crippen LogP contribution in [0.25, 0.3) is 0 Å². The largest absolute Gasteiger partial charge is 0.497 e. The van der Waals surface area contributed by atoms with Gasteiger partial charge < -0.3 is 15.0 Å². The fraction of sp³-hybridized carbons (Fsp3) is 0.474. The molecule has 0 saturated carbocycles. The van der Waals surface area contributed by atoms with Gasteiger partial charge in [0.15, 0.2) is 0 Å². The summed E-state index contributed by atoms with van der Waals surface area (Å²) in [4.78, 5) is 28.7. The highest BCUT2D eigenvalue weighted by Crippen LogP contribution is 2.36. The number of methoxy groups -OCH3 is 1. The first-order valence-electron chi connectivity index (χ1n) is 8.77. The van der Waals surface area contributed by atoms with E-state index in [-0.39, 0.29) is 11.9 Å². The normalized spacial score (nSPS) is 20.0. The van der Waals surface area contributed by atoms with Crippen molar-refractivity contribution in [1.29, 1.82) is 0 Å². The molecule has 0 aliphatic carbocycles. The van der Waals surface area contributed by atoms with E-state index in [1.165, 1.54) is 0 Å². The molecular weight excluding hydrogens is 318 g/mol. The van der Waals surface area contributed by atoms with Crippen molar-refractivity contribution in [3.05, 3.63) is 41.1 Å². The van der Waals surface area contributed by atoms with Gasteiger partial charge in [0.1, 0.15) is 5.75 Å². The molecule has 1 atom stereocenters. The van der Waals surface area contributed by atoms with E-state index in [9.17, 15) is 9.59 Å². The summed E-state index contributed by atoms with van der Waals surface area (Å²) in [7, 11) is 3.33. The van der Waals surface area contributed by atoms with Crippen LogP contribution >= 0.6 is 0 Å². The first kappa shape index (κ1) is 17.3. The predicted molar refractivity (Wildman–Crippen MR) is 95.2 cm³/mol. The van der Waals surface area contributed by atoms with Gasteiger partial charge in [0, 0.05) is 13.6 Å². The molecule has 0 fully saturated rings. The molecule has 0 radical (unpaired) electrons. The van der Waals surface area contributed by atoms with Crippen molar-refractivity contribution < 1.29 is 14.3 Å². The number of carbonyl (C=O) groups is 2. The number of likely N-dealkylation sites (N-methyl/N-ethyl adjacent to an activating group) is 1. The van der Waals surface area contributed by atoms with Gasteiger partial charge in [-0.2, -0.15) is 0 Å². The van der Waals surface area contributed by atoms with Gasteiger partial charge in [0.2, 0.25) is 0 Å². The summed E-state index contributed by atoms with van der Waals surface area (Å²) in [5.41, 5.74) is 2.38. The molecule has 0 spiro atoms. The first-order chi connectivity index (χ1) is 12.1. The number of ether oxygens (including phenoxy) is 1. The summed E-state index contributed by atoms with van der Waals surface area (Å²) in [5.74, 6) is 0.773. The van der Waals surface area contributed by atoms with Crippen LogP contribution in [-0.2, 0) is 4.79 Å². The van der Waals surface area contributed by atoms with E-state index in [0.29, 0.717) is 12.1 Å². The minimum Gasteiger partial charge on any atom is -0.497 e. The van der Waals surface area contributed by atoms with Crippen LogP contribution in [0.3, 0.4) is 0 Å². The lowest BCUT2D eigenvalue weighted by Crippen LogP contribution is -2.45. The monoisotopic (exact) mass is 343 g/mol. The van der Waals surface area contributed by atoms with Gasteiger partial charge in [-0.05, 0) is 24.1 Å². The second-order valence-electron chi connectivity index (χ2n) is 6.51. The van der Waals surface area contributed by atoms with Gasteiger partial charge >= 0.3 is 6.03 Å². The number of unbranched alkanes of at least 4 members (excludes halogenated alkanes) is 2. The summed E-state index contributed by atoms with van der Waals surface area (Å²) in [5, 5.41) is 2.95. The second-order valence-corrected chi connectivity index (χ2v) is 6.51. The Morgan fingerprint density at radius 2 is 1.92 bits per heavy atom. The Bertz CT molecular complexity index is 696. The molecule has 2 aliphatic rings. The average Bonchev–Trinajstić information content (AvgIpc) is 2.96.